The minimum absolute atomic E-state index is 0.0981. The molecule has 0 unspecified atom stereocenters. The van der Waals surface area contributed by atoms with Crippen LogP contribution < -0.4 is 11.1 Å². The van der Waals surface area contributed by atoms with Gasteiger partial charge in [-0.2, -0.15) is 16.9 Å². The molecule has 1 fully saturated rings. The number of rotatable bonds is 3. The van der Waals surface area contributed by atoms with Crippen molar-refractivity contribution in [2.45, 2.75) is 32.2 Å². The molecule has 0 spiro atoms. The fraction of sp³-hybridized carbons (Fsp3) is 0.667. The Morgan fingerprint density at radius 1 is 1.56 bits per heavy atom. The zero-order chi connectivity index (χ0) is 13.1. The van der Waals surface area contributed by atoms with Gasteiger partial charge in [0.25, 0.3) is 5.91 Å². The monoisotopic (exact) mass is 268 g/mol. The maximum atomic E-state index is 12.2. The molecule has 1 saturated heterocycles. The molecule has 1 aliphatic heterocycles. The highest BCUT2D eigenvalue weighted by molar-refractivity contribution is 7.99. The summed E-state index contributed by atoms with van der Waals surface area (Å²) < 4.78 is 1.58. The van der Waals surface area contributed by atoms with E-state index in [9.17, 15) is 4.79 Å². The first-order valence-electron chi connectivity index (χ1n) is 6.33. The molecule has 1 aliphatic rings. The van der Waals surface area contributed by atoms with Crippen LogP contribution in [0.2, 0.25) is 0 Å². The van der Waals surface area contributed by atoms with Gasteiger partial charge in [0.1, 0.15) is 5.69 Å². The van der Waals surface area contributed by atoms with Crippen molar-refractivity contribution >= 4 is 23.4 Å². The maximum absolute atomic E-state index is 12.2. The van der Waals surface area contributed by atoms with Crippen LogP contribution in [0, 0.1) is 0 Å². The van der Waals surface area contributed by atoms with E-state index < -0.39 is 0 Å². The molecule has 1 aromatic rings. The van der Waals surface area contributed by atoms with E-state index in [1.165, 1.54) is 0 Å². The van der Waals surface area contributed by atoms with E-state index >= 15 is 0 Å². The molecule has 0 saturated carbocycles. The lowest BCUT2D eigenvalue weighted by molar-refractivity contribution is 0.0926. The lowest BCUT2D eigenvalue weighted by Gasteiger charge is -2.22. The van der Waals surface area contributed by atoms with Crippen molar-refractivity contribution in [3.8, 4) is 0 Å². The molecular weight excluding hydrogens is 248 g/mol. The molecule has 0 aromatic carbocycles. The molecule has 100 valence electrons. The predicted octanol–water partition coefficient (Wildman–Crippen LogP) is 1.19. The number of carbonyl (C=O) groups is 1. The van der Waals surface area contributed by atoms with Crippen LogP contribution in [0.5, 0.6) is 0 Å². The molecule has 0 aliphatic carbocycles. The Bertz CT molecular complexity index is 438. The van der Waals surface area contributed by atoms with Gasteiger partial charge >= 0.3 is 0 Å². The first-order chi connectivity index (χ1) is 8.63. The van der Waals surface area contributed by atoms with Crippen LogP contribution in [-0.2, 0) is 13.5 Å². The van der Waals surface area contributed by atoms with Gasteiger partial charge in [-0.25, -0.2) is 0 Å². The normalized spacial score (nSPS) is 16.8. The van der Waals surface area contributed by atoms with E-state index in [1.807, 2.05) is 18.7 Å². The summed E-state index contributed by atoms with van der Waals surface area (Å²) in [6.07, 6.45) is 2.82. The third-order valence-corrected chi connectivity index (χ3v) is 4.32. The van der Waals surface area contributed by atoms with Crippen molar-refractivity contribution < 1.29 is 4.79 Å². The Morgan fingerprint density at radius 3 is 2.78 bits per heavy atom. The number of hydrogen-bond donors (Lipinski definition) is 2. The smallest absolute Gasteiger partial charge is 0.271 e. The van der Waals surface area contributed by atoms with E-state index in [-0.39, 0.29) is 11.9 Å². The molecule has 0 radical (unpaired) electrons. The molecule has 6 heteroatoms. The first-order valence-corrected chi connectivity index (χ1v) is 7.49. The highest BCUT2D eigenvalue weighted by Gasteiger charge is 2.22. The number of nitrogens with zero attached hydrogens (tertiary/aromatic N) is 2. The van der Waals surface area contributed by atoms with Gasteiger partial charge in [0.05, 0.1) is 11.4 Å². The molecule has 2 rings (SSSR count). The highest BCUT2D eigenvalue weighted by Crippen LogP contribution is 2.20. The zero-order valence-electron chi connectivity index (χ0n) is 10.9. The van der Waals surface area contributed by atoms with E-state index in [4.69, 9.17) is 5.73 Å². The van der Waals surface area contributed by atoms with E-state index in [0.29, 0.717) is 11.4 Å². The third-order valence-electron chi connectivity index (χ3n) is 3.27. The number of aromatic nitrogens is 2. The number of nitrogens with one attached hydrogen (secondary N) is 1. The van der Waals surface area contributed by atoms with Crippen LogP contribution in [0.15, 0.2) is 0 Å². The van der Waals surface area contributed by atoms with E-state index in [0.717, 1.165) is 36.5 Å². The van der Waals surface area contributed by atoms with E-state index in [2.05, 4.69) is 10.4 Å². The predicted molar refractivity (Wildman–Crippen MR) is 74.8 cm³/mol. The van der Waals surface area contributed by atoms with Crippen molar-refractivity contribution in [3.05, 3.63) is 11.4 Å². The first kappa shape index (κ1) is 13.3. The van der Waals surface area contributed by atoms with Gasteiger partial charge in [0, 0.05) is 13.1 Å². The molecule has 0 bridgehead atoms. The molecule has 5 nitrogen and oxygen atoms in total. The second-order valence-corrected chi connectivity index (χ2v) is 5.77. The van der Waals surface area contributed by atoms with Gasteiger partial charge in [-0.15, -0.1) is 0 Å². The lowest BCUT2D eigenvalue weighted by atomic mass is 10.1. The summed E-state index contributed by atoms with van der Waals surface area (Å²) in [5.74, 6) is 2.14. The highest BCUT2D eigenvalue weighted by atomic mass is 32.2. The third kappa shape index (κ3) is 2.63. The lowest BCUT2D eigenvalue weighted by Crippen LogP contribution is -2.38. The second kappa shape index (κ2) is 5.65. The minimum Gasteiger partial charge on any atom is -0.395 e. The quantitative estimate of drug-likeness (QED) is 0.863. The van der Waals surface area contributed by atoms with Crippen LogP contribution in [0.1, 0.15) is 35.9 Å². The average molecular weight is 268 g/mol. The van der Waals surface area contributed by atoms with Gasteiger partial charge < -0.3 is 11.1 Å². The minimum atomic E-state index is -0.0981. The second-order valence-electron chi connectivity index (χ2n) is 4.55. The summed E-state index contributed by atoms with van der Waals surface area (Å²) in [6, 6.07) is 0.276. The molecule has 2 heterocycles. The number of aryl methyl sites for hydroxylation is 2. The van der Waals surface area contributed by atoms with Crippen molar-refractivity contribution in [1.82, 2.24) is 15.1 Å². The van der Waals surface area contributed by atoms with Gasteiger partial charge in [-0.1, -0.05) is 6.92 Å². The van der Waals surface area contributed by atoms with Gasteiger partial charge in [-0.05, 0) is 30.8 Å². The topological polar surface area (TPSA) is 72.9 Å². The van der Waals surface area contributed by atoms with Crippen LogP contribution in [0.4, 0.5) is 5.69 Å². The standard InChI is InChI=1S/C12H20N4OS/c1-3-9-10(13)11(16(2)15-9)12(17)14-8-4-6-18-7-5-8/h8H,3-7,13H2,1-2H3,(H,14,17). The Morgan fingerprint density at radius 2 is 2.22 bits per heavy atom. The molecule has 18 heavy (non-hydrogen) atoms. The SMILES string of the molecule is CCc1nn(C)c(C(=O)NC2CCSCC2)c1N. The zero-order valence-corrected chi connectivity index (χ0v) is 11.7. The van der Waals surface area contributed by atoms with Gasteiger partial charge in [0.2, 0.25) is 0 Å². The van der Waals surface area contributed by atoms with Crippen molar-refractivity contribution in [1.29, 1.82) is 0 Å². The number of hydrogen-bond acceptors (Lipinski definition) is 4. The van der Waals surface area contributed by atoms with Crippen LogP contribution in [0.3, 0.4) is 0 Å². The van der Waals surface area contributed by atoms with Crippen LogP contribution in [0.25, 0.3) is 0 Å². The van der Waals surface area contributed by atoms with Crippen molar-refractivity contribution in [3.63, 3.8) is 0 Å². The average Bonchev–Trinajstić information content (AvgIpc) is 2.65. The van der Waals surface area contributed by atoms with E-state index in [1.54, 1.807) is 11.7 Å². The summed E-state index contributed by atoms with van der Waals surface area (Å²) in [4.78, 5) is 12.2. The molecule has 0 atom stereocenters. The van der Waals surface area contributed by atoms with Gasteiger partial charge in [-0.3, -0.25) is 9.48 Å². The van der Waals surface area contributed by atoms with Crippen molar-refractivity contribution in [2.24, 2.45) is 7.05 Å². The largest absolute Gasteiger partial charge is 0.395 e. The summed E-state index contributed by atoms with van der Waals surface area (Å²) in [5, 5.41) is 7.33. The Balaban J connectivity index is 2.10. The number of nitrogens with two attached hydrogens (primary N) is 1. The summed E-state index contributed by atoms with van der Waals surface area (Å²) in [5.41, 5.74) is 7.77. The Labute approximate surface area is 111 Å². The summed E-state index contributed by atoms with van der Waals surface area (Å²) >= 11 is 1.94. The van der Waals surface area contributed by atoms with Crippen LogP contribution >= 0.6 is 11.8 Å². The number of thioether (sulfide) groups is 1. The number of amides is 1. The van der Waals surface area contributed by atoms with Gasteiger partial charge in [0.15, 0.2) is 0 Å². The maximum Gasteiger partial charge on any atom is 0.271 e. The Kier molecular flexibility index (Phi) is 4.16. The van der Waals surface area contributed by atoms with Crippen LogP contribution in [-0.4, -0.2) is 33.2 Å². The van der Waals surface area contributed by atoms with Crippen molar-refractivity contribution in [2.75, 3.05) is 17.2 Å². The Hall–Kier alpha value is -1.17. The molecule has 1 amide bonds. The summed E-state index contributed by atoms with van der Waals surface area (Å²) in [6.45, 7) is 1.98. The summed E-state index contributed by atoms with van der Waals surface area (Å²) in [7, 11) is 1.77. The number of nitrogen functional groups attached to an aromatic ring is 1. The number of carbonyl (C=O) groups excluding carboxylic acids is 1. The molecule has 3 N–H and O–H groups in total. The molecule has 1 aromatic heterocycles. The fourth-order valence-electron chi connectivity index (χ4n) is 2.22. The fourth-order valence-corrected chi connectivity index (χ4v) is 3.33. The molecular formula is C12H20N4OS. The number of anilines is 1.